The molecule has 3 aliphatic heterocycles. The summed E-state index contributed by atoms with van der Waals surface area (Å²) in [5, 5.41) is 11.2. The molecule has 1 amide bonds. The highest BCUT2D eigenvalue weighted by molar-refractivity contribution is 5.99. The maximum absolute atomic E-state index is 14.6. The molecule has 8 heteroatoms. The van der Waals surface area contributed by atoms with E-state index in [0.717, 1.165) is 82.0 Å². The lowest BCUT2D eigenvalue weighted by Gasteiger charge is -2.34. The summed E-state index contributed by atoms with van der Waals surface area (Å²) in [4.78, 5) is 22.7. The van der Waals surface area contributed by atoms with E-state index in [1.165, 1.54) is 29.5 Å². The van der Waals surface area contributed by atoms with Gasteiger partial charge in [-0.2, -0.15) is 0 Å². The molecule has 6 rings (SSSR count). The Morgan fingerprint density at radius 3 is 2.80 bits per heavy atom. The number of carbonyl (C=O) groups is 1. The van der Waals surface area contributed by atoms with Gasteiger partial charge in [0.05, 0.1) is 35.1 Å². The predicted octanol–water partition coefficient (Wildman–Crippen LogP) is 4.75. The highest BCUT2D eigenvalue weighted by atomic mass is 19.1. The smallest absolute Gasteiger partial charge is 0.256 e. The van der Waals surface area contributed by atoms with Gasteiger partial charge in [0.2, 0.25) is 0 Å². The second-order valence-electron chi connectivity index (χ2n) is 12.4. The van der Waals surface area contributed by atoms with Crippen molar-refractivity contribution in [3.63, 3.8) is 0 Å². The zero-order valence-corrected chi connectivity index (χ0v) is 23.7. The lowest BCUT2D eigenvalue weighted by molar-refractivity contribution is 0.0472. The van der Waals surface area contributed by atoms with Gasteiger partial charge in [0, 0.05) is 50.6 Å². The summed E-state index contributed by atoms with van der Waals surface area (Å²) in [6, 6.07) is 4.46. The number of fused-ring (bicyclic) bond motifs is 1. The number of rotatable bonds is 7. The molecule has 5 heterocycles. The van der Waals surface area contributed by atoms with Gasteiger partial charge in [-0.25, -0.2) is 4.39 Å². The number of pyridine rings is 1. The lowest BCUT2D eigenvalue weighted by Crippen LogP contribution is -2.47. The van der Waals surface area contributed by atoms with Gasteiger partial charge >= 0.3 is 0 Å². The third-order valence-electron chi connectivity index (χ3n) is 9.50. The van der Waals surface area contributed by atoms with Crippen LogP contribution < -0.4 is 0 Å². The summed E-state index contributed by atoms with van der Waals surface area (Å²) in [6.07, 6.45) is 11.9. The van der Waals surface area contributed by atoms with Crippen LogP contribution in [-0.2, 0) is 11.2 Å². The highest BCUT2D eigenvalue weighted by Crippen LogP contribution is 2.35. The summed E-state index contributed by atoms with van der Waals surface area (Å²) >= 11 is 0. The first-order chi connectivity index (χ1) is 19.4. The number of aliphatic hydroxyl groups is 1. The van der Waals surface area contributed by atoms with Crippen LogP contribution in [0.25, 0.3) is 16.6 Å². The standard InChI is InChI=1S/C32H41FN4O3/c1-22-16-34-17-29-30(22)25(14-24-6-11-35(19-24)18-23-7-12-40-13-8-23)20-36(29)28-5-4-26(33)15-27(28)31(39)37-10-3-9-32(37,2)21-38/h4-5,15-17,20,23-24,38H,3,6-14,18-19,21H2,1-2H3/t24-,32+/m0/s1. The molecule has 1 N–H and O–H groups in total. The summed E-state index contributed by atoms with van der Waals surface area (Å²) in [6.45, 7) is 9.60. The number of likely N-dealkylation sites (tertiary alicyclic amines) is 2. The van der Waals surface area contributed by atoms with Gasteiger partial charge in [-0.3, -0.25) is 9.78 Å². The molecule has 2 atom stereocenters. The average Bonchev–Trinajstić information content (AvgIpc) is 3.67. The van der Waals surface area contributed by atoms with Crippen LogP contribution in [0.4, 0.5) is 4.39 Å². The van der Waals surface area contributed by atoms with Crippen LogP contribution in [-0.4, -0.2) is 81.9 Å². The third kappa shape index (κ3) is 5.17. The molecular weight excluding hydrogens is 507 g/mol. The van der Waals surface area contributed by atoms with E-state index in [0.29, 0.717) is 23.7 Å². The van der Waals surface area contributed by atoms with Crippen LogP contribution >= 0.6 is 0 Å². The number of carbonyl (C=O) groups excluding carboxylic acids is 1. The van der Waals surface area contributed by atoms with Crippen molar-refractivity contribution >= 4 is 16.8 Å². The van der Waals surface area contributed by atoms with Crippen LogP contribution in [0.2, 0.25) is 0 Å². The topological polar surface area (TPSA) is 70.8 Å². The fraction of sp³-hybridized carbons (Fsp3) is 0.562. The van der Waals surface area contributed by atoms with Crippen LogP contribution in [0, 0.1) is 24.6 Å². The molecule has 3 saturated heterocycles. The molecule has 0 radical (unpaired) electrons. The minimum Gasteiger partial charge on any atom is -0.394 e. The van der Waals surface area contributed by atoms with Gasteiger partial charge < -0.3 is 24.2 Å². The fourth-order valence-electron chi connectivity index (χ4n) is 7.21. The lowest BCUT2D eigenvalue weighted by atomic mass is 9.97. The summed E-state index contributed by atoms with van der Waals surface area (Å²) in [5.74, 6) is 0.613. The van der Waals surface area contributed by atoms with Crippen LogP contribution in [0.1, 0.15) is 60.5 Å². The van der Waals surface area contributed by atoms with E-state index in [-0.39, 0.29) is 12.5 Å². The number of amides is 1. The summed E-state index contributed by atoms with van der Waals surface area (Å²) < 4.78 is 22.2. The van der Waals surface area contributed by atoms with Gasteiger partial charge in [-0.1, -0.05) is 0 Å². The molecular formula is C32H41FN4O3. The Kier molecular flexibility index (Phi) is 7.68. The number of benzene rings is 1. The van der Waals surface area contributed by atoms with Gasteiger partial charge in [-0.05, 0) is 100 Å². The molecule has 214 valence electrons. The Labute approximate surface area is 235 Å². The van der Waals surface area contributed by atoms with Crippen molar-refractivity contribution in [2.75, 3.05) is 46.0 Å². The van der Waals surface area contributed by atoms with Gasteiger partial charge in [0.15, 0.2) is 0 Å². The van der Waals surface area contributed by atoms with Crippen LogP contribution in [0.15, 0.2) is 36.8 Å². The molecule has 0 spiro atoms. The Morgan fingerprint density at radius 1 is 1.18 bits per heavy atom. The van der Waals surface area contributed by atoms with E-state index >= 15 is 0 Å². The average molecular weight is 549 g/mol. The maximum atomic E-state index is 14.6. The number of aryl methyl sites for hydroxylation is 1. The molecule has 0 aliphatic carbocycles. The summed E-state index contributed by atoms with van der Waals surface area (Å²) in [5.41, 5.74) is 3.60. The van der Waals surface area contributed by atoms with Crippen molar-refractivity contribution < 1.29 is 19.0 Å². The molecule has 1 aromatic carbocycles. The zero-order chi connectivity index (χ0) is 27.9. The molecule has 40 heavy (non-hydrogen) atoms. The van der Waals surface area contributed by atoms with Crippen molar-refractivity contribution in [3.8, 4) is 5.69 Å². The Hall–Kier alpha value is -2.81. The van der Waals surface area contributed by atoms with E-state index < -0.39 is 11.4 Å². The fourth-order valence-corrected chi connectivity index (χ4v) is 7.21. The zero-order valence-electron chi connectivity index (χ0n) is 23.7. The Balaban J connectivity index is 1.31. The van der Waals surface area contributed by atoms with Crippen LogP contribution in [0.3, 0.4) is 0 Å². The molecule has 0 bridgehead atoms. The number of hydrogen-bond acceptors (Lipinski definition) is 5. The van der Waals surface area contributed by atoms with Crippen molar-refractivity contribution in [3.05, 3.63) is 59.3 Å². The number of halogens is 1. The first-order valence-corrected chi connectivity index (χ1v) is 14.8. The maximum Gasteiger partial charge on any atom is 0.256 e. The van der Waals surface area contributed by atoms with E-state index in [4.69, 9.17) is 4.74 Å². The molecule has 0 saturated carbocycles. The van der Waals surface area contributed by atoms with Crippen molar-refractivity contribution in [1.82, 2.24) is 19.4 Å². The first-order valence-electron chi connectivity index (χ1n) is 14.8. The molecule has 7 nitrogen and oxygen atoms in total. The normalized spacial score (nSPS) is 24.4. The van der Waals surface area contributed by atoms with Gasteiger partial charge in [-0.15, -0.1) is 0 Å². The predicted molar refractivity (Wildman–Crippen MR) is 153 cm³/mol. The SMILES string of the molecule is Cc1cncc2c1c(C[C@@H]1CCN(CC3CCOCC3)C1)cn2-c1ccc(F)cc1C(=O)N1CCC[C@]1(C)CO. The van der Waals surface area contributed by atoms with E-state index in [1.54, 1.807) is 11.0 Å². The monoisotopic (exact) mass is 548 g/mol. The van der Waals surface area contributed by atoms with Crippen LogP contribution in [0.5, 0.6) is 0 Å². The number of nitrogens with zero attached hydrogens (tertiary/aromatic N) is 4. The highest BCUT2D eigenvalue weighted by Gasteiger charge is 2.40. The van der Waals surface area contributed by atoms with Crippen molar-refractivity contribution in [1.29, 1.82) is 0 Å². The molecule has 2 aromatic heterocycles. The number of aliphatic hydroxyl groups excluding tert-OH is 1. The first kappa shape index (κ1) is 27.4. The number of hydrogen-bond donors (Lipinski definition) is 1. The van der Waals surface area contributed by atoms with Crippen molar-refractivity contribution in [2.24, 2.45) is 11.8 Å². The molecule has 3 aliphatic rings. The quantitative estimate of drug-likeness (QED) is 0.462. The number of aromatic nitrogens is 2. The largest absolute Gasteiger partial charge is 0.394 e. The van der Waals surface area contributed by atoms with Crippen molar-refractivity contribution in [2.45, 2.75) is 57.9 Å². The minimum absolute atomic E-state index is 0.115. The molecule has 3 aromatic rings. The van der Waals surface area contributed by atoms with E-state index in [9.17, 15) is 14.3 Å². The second-order valence-corrected chi connectivity index (χ2v) is 12.4. The summed E-state index contributed by atoms with van der Waals surface area (Å²) in [7, 11) is 0. The van der Waals surface area contributed by atoms with Gasteiger partial charge in [0.1, 0.15) is 5.82 Å². The van der Waals surface area contributed by atoms with E-state index in [2.05, 4.69) is 23.0 Å². The Bertz CT molecular complexity index is 1380. The second kappa shape index (κ2) is 11.2. The van der Waals surface area contributed by atoms with Gasteiger partial charge in [0.25, 0.3) is 5.91 Å². The Morgan fingerprint density at radius 2 is 2.00 bits per heavy atom. The minimum atomic E-state index is -0.637. The van der Waals surface area contributed by atoms with E-state index in [1.807, 2.05) is 23.9 Å². The third-order valence-corrected chi connectivity index (χ3v) is 9.50. The molecule has 3 fully saturated rings. The molecule has 0 unspecified atom stereocenters. The number of ether oxygens (including phenoxy) is 1.